The van der Waals surface area contributed by atoms with Crippen molar-refractivity contribution in [3.63, 3.8) is 0 Å². The van der Waals surface area contributed by atoms with Crippen LogP contribution in [0, 0.1) is 12.3 Å². The van der Waals surface area contributed by atoms with E-state index in [1.165, 1.54) is 10.4 Å². The van der Waals surface area contributed by atoms with E-state index in [4.69, 9.17) is 10.7 Å². The highest BCUT2D eigenvalue weighted by Crippen LogP contribution is 2.32. The number of aryl methyl sites for hydroxylation is 1. The van der Waals surface area contributed by atoms with Crippen LogP contribution < -0.4 is 5.73 Å². The van der Waals surface area contributed by atoms with E-state index in [0.717, 1.165) is 17.1 Å². The lowest BCUT2D eigenvalue weighted by Crippen LogP contribution is -2.26. The second-order valence-electron chi connectivity index (χ2n) is 5.12. The normalized spacial score (nSPS) is 12.0. The largest absolute Gasteiger partial charge is 0.330 e. The van der Waals surface area contributed by atoms with Crippen LogP contribution in [0.2, 0.25) is 0 Å². The van der Waals surface area contributed by atoms with Gasteiger partial charge in [0, 0.05) is 5.38 Å². The monoisotopic (exact) mass is 266 g/mol. The Hall–Kier alpha value is -0.710. The van der Waals surface area contributed by atoms with Gasteiger partial charge in [-0.2, -0.15) is 0 Å². The minimum atomic E-state index is 0.135. The van der Waals surface area contributed by atoms with E-state index in [9.17, 15) is 0 Å². The first-order chi connectivity index (χ1) is 8.02. The number of hydrogen-bond acceptors (Lipinski definition) is 4. The van der Waals surface area contributed by atoms with Crippen LogP contribution in [0.15, 0.2) is 16.8 Å². The van der Waals surface area contributed by atoms with Crippen LogP contribution in [0.25, 0.3) is 9.88 Å². The number of thiophene rings is 1. The molecule has 2 rings (SSSR count). The van der Waals surface area contributed by atoms with Gasteiger partial charge in [0.1, 0.15) is 5.01 Å². The van der Waals surface area contributed by atoms with Crippen LogP contribution in [0.5, 0.6) is 0 Å². The summed E-state index contributed by atoms with van der Waals surface area (Å²) in [5, 5.41) is 5.42. The molecule has 2 N–H and O–H groups in total. The van der Waals surface area contributed by atoms with Crippen LogP contribution in [0.1, 0.15) is 25.1 Å². The third-order valence-corrected chi connectivity index (χ3v) is 4.88. The first kappa shape index (κ1) is 12.7. The molecule has 0 spiro atoms. The van der Waals surface area contributed by atoms with E-state index in [-0.39, 0.29) is 5.41 Å². The van der Waals surface area contributed by atoms with Gasteiger partial charge in [-0.05, 0) is 42.3 Å². The lowest BCUT2D eigenvalue weighted by atomic mass is 9.88. The van der Waals surface area contributed by atoms with Gasteiger partial charge in [0.2, 0.25) is 0 Å². The van der Waals surface area contributed by atoms with Crippen LogP contribution in [0.4, 0.5) is 0 Å². The fraction of sp³-hybridized carbons (Fsp3) is 0.462. The first-order valence-corrected chi connectivity index (χ1v) is 7.47. The molecule has 0 unspecified atom stereocenters. The van der Waals surface area contributed by atoms with E-state index in [1.807, 2.05) is 0 Å². The molecule has 0 aromatic carbocycles. The van der Waals surface area contributed by atoms with Crippen LogP contribution in [-0.2, 0) is 6.42 Å². The third kappa shape index (κ3) is 2.94. The van der Waals surface area contributed by atoms with Gasteiger partial charge in [0.05, 0.1) is 10.6 Å². The predicted octanol–water partition coefficient (Wildman–Crippen LogP) is 3.71. The highest BCUT2D eigenvalue weighted by molar-refractivity contribution is 7.20. The zero-order chi connectivity index (χ0) is 12.5. The van der Waals surface area contributed by atoms with Crippen molar-refractivity contribution in [1.29, 1.82) is 0 Å². The number of aromatic nitrogens is 1. The third-order valence-electron chi connectivity index (χ3n) is 2.82. The van der Waals surface area contributed by atoms with E-state index in [1.54, 1.807) is 22.7 Å². The first-order valence-electron chi connectivity index (χ1n) is 5.71. The lowest BCUT2D eigenvalue weighted by molar-refractivity contribution is 0.373. The predicted molar refractivity (Wildman–Crippen MR) is 76.7 cm³/mol. The zero-order valence-electron chi connectivity index (χ0n) is 10.5. The Morgan fingerprint density at radius 3 is 2.71 bits per heavy atom. The lowest BCUT2D eigenvalue weighted by Gasteiger charge is -2.20. The highest BCUT2D eigenvalue weighted by Gasteiger charge is 2.18. The van der Waals surface area contributed by atoms with Crippen molar-refractivity contribution >= 4 is 22.7 Å². The van der Waals surface area contributed by atoms with Gasteiger partial charge in [0.25, 0.3) is 0 Å². The van der Waals surface area contributed by atoms with Crippen molar-refractivity contribution in [3.05, 3.63) is 28.1 Å². The molecule has 0 aliphatic rings. The molecule has 0 amide bonds. The number of thiazole rings is 1. The summed E-state index contributed by atoms with van der Waals surface area (Å²) in [6.45, 7) is 7.19. The minimum Gasteiger partial charge on any atom is -0.330 e. The molecule has 2 aromatic rings. The zero-order valence-corrected chi connectivity index (χ0v) is 12.1. The quantitative estimate of drug-likeness (QED) is 0.916. The van der Waals surface area contributed by atoms with Gasteiger partial charge in [-0.3, -0.25) is 0 Å². The van der Waals surface area contributed by atoms with Gasteiger partial charge >= 0.3 is 0 Å². The number of nitrogens with zero attached hydrogens (tertiary/aromatic N) is 1. The Morgan fingerprint density at radius 2 is 2.12 bits per heavy atom. The van der Waals surface area contributed by atoms with Crippen molar-refractivity contribution < 1.29 is 0 Å². The van der Waals surface area contributed by atoms with E-state index < -0.39 is 0 Å². The molecule has 0 fully saturated rings. The molecule has 2 nitrogen and oxygen atoms in total. The average Bonchev–Trinajstić information content (AvgIpc) is 2.86. The van der Waals surface area contributed by atoms with Gasteiger partial charge in [-0.15, -0.1) is 22.7 Å². The van der Waals surface area contributed by atoms with Crippen molar-refractivity contribution in [2.45, 2.75) is 27.2 Å². The molecular formula is C13H18N2S2. The van der Waals surface area contributed by atoms with Crippen LogP contribution in [0.3, 0.4) is 0 Å². The summed E-state index contributed by atoms with van der Waals surface area (Å²) in [4.78, 5) is 6.02. The molecule has 0 saturated heterocycles. The fourth-order valence-corrected chi connectivity index (χ4v) is 3.57. The smallest absolute Gasteiger partial charge is 0.133 e. The van der Waals surface area contributed by atoms with E-state index in [2.05, 4.69) is 37.6 Å². The molecule has 2 aromatic heterocycles. The van der Waals surface area contributed by atoms with Crippen molar-refractivity contribution in [3.8, 4) is 9.88 Å². The van der Waals surface area contributed by atoms with Gasteiger partial charge in [-0.1, -0.05) is 13.8 Å². The molecule has 92 valence electrons. The van der Waals surface area contributed by atoms with Crippen molar-refractivity contribution in [1.82, 2.24) is 4.98 Å². The molecule has 0 radical (unpaired) electrons. The maximum Gasteiger partial charge on any atom is 0.133 e. The fourth-order valence-electron chi connectivity index (χ4n) is 1.65. The summed E-state index contributed by atoms with van der Waals surface area (Å²) in [6, 6.07) is 2.14. The maximum absolute atomic E-state index is 5.76. The van der Waals surface area contributed by atoms with Crippen LogP contribution in [-0.4, -0.2) is 11.5 Å². The van der Waals surface area contributed by atoms with Crippen LogP contribution >= 0.6 is 22.7 Å². The summed E-state index contributed by atoms with van der Waals surface area (Å²) in [6.07, 6.45) is 0.949. The maximum atomic E-state index is 5.76. The molecular weight excluding hydrogens is 248 g/mol. The SMILES string of the molecule is Cc1ccsc1-c1nc(CC(C)(C)CN)cs1. The molecule has 0 bridgehead atoms. The summed E-state index contributed by atoms with van der Waals surface area (Å²) >= 11 is 3.49. The standard InChI is InChI=1S/C13H18N2S2/c1-9-4-5-16-11(9)12-15-10(7-17-12)6-13(2,3)8-14/h4-5,7H,6,8,14H2,1-3H3. The summed E-state index contributed by atoms with van der Waals surface area (Å²) in [7, 11) is 0. The topological polar surface area (TPSA) is 38.9 Å². The molecule has 2 heterocycles. The molecule has 0 aliphatic carbocycles. The Bertz CT molecular complexity index is 497. The number of hydrogen-bond donors (Lipinski definition) is 1. The number of nitrogens with two attached hydrogens (primary N) is 1. The van der Waals surface area contributed by atoms with Gasteiger partial charge < -0.3 is 5.73 Å². The molecule has 17 heavy (non-hydrogen) atoms. The Labute approximate surface area is 111 Å². The van der Waals surface area contributed by atoms with Crippen molar-refractivity contribution in [2.75, 3.05) is 6.54 Å². The Kier molecular flexibility index (Phi) is 3.66. The van der Waals surface area contributed by atoms with Gasteiger partial charge in [-0.25, -0.2) is 4.98 Å². The molecule has 0 aliphatic heterocycles. The van der Waals surface area contributed by atoms with E-state index in [0.29, 0.717) is 6.54 Å². The molecule has 4 heteroatoms. The molecule has 0 saturated carbocycles. The number of rotatable bonds is 4. The Balaban J connectivity index is 2.20. The van der Waals surface area contributed by atoms with Crippen molar-refractivity contribution in [2.24, 2.45) is 11.1 Å². The second-order valence-corrected chi connectivity index (χ2v) is 6.90. The Morgan fingerprint density at radius 1 is 1.35 bits per heavy atom. The highest BCUT2D eigenvalue weighted by atomic mass is 32.1. The summed E-state index contributed by atoms with van der Waals surface area (Å²) < 4.78 is 0. The minimum absolute atomic E-state index is 0.135. The summed E-state index contributed by atoms with van der Waals surface area (Å²) in [5.74, 6) is 0. The average molecular weight is 266 g/mol. The second kappa shape index (κ2) is 4.88. The van der Waals surface area contributed by atoms with E-state index >= 15 is 0 Å². The summed E-state index contributed by atoms with van der Waals surface area (Å²) in [5.41, 5.74) is 8.37. The van der Waals surface area contributed by atoms with Gasteiger partial charge in [0.15, 0.2) is 0 Å². The molecule has 0 atom stereocenters.